The molecule has 66 valence electrons. The molecule has 1 aliphatic heterocycles. The summed E-state index contributed by atoms with van der Waals surface area (Å²) in [6.07, 6.45) is 3.54. The molecular formula is C11H7N3. The van der Waals surface area contributed by atoms with Crippen LogP contribution in [0.15, 0.2) is 42.7 Å². The highest BCUT2D eigenvalue weighted by molar-refractivity contribution is 5.82. The molecule has 1 aliphatic carbocycles. The van der Waals surface area contributed by atoms with E-state index in [1.165, 1.54) is 0 Å². The van der Waals surface area contributed by atoms with E-state index >= 15 is 0 Å². The van der Waals surface area contributed by atoms with Crippen molar-refractivity contribution < 1.29 is 0 Å². The van der Waals surface area contributed by atoms with E-state index in [4.69, 9.17) is 0 Å². The van der Waals surface area contributed by atoms with E-state index in [1.54, 1.807) is 12.4 Å². The van der Waals surface area contributed by atoms with E-state index < -0.39 is 0 Å². The van der Waals surface area contributed by atoms with E-state index in [-0.39, 0.29) is 0 Å². The zero-order chi connectivity index (χ0) is 9.38. The first kappa shape index (κ1) is 7.38. The Hall–Kier alpha value is -2.03. The van der Waals surface area contributed by atoms with E-state index in [9.17, 15) is 0 Å². The van der Waals surface area contributed by atoms with Crippen LogP contribution in [0.2, 0.25) is 0 Å². The third-order valence-electron chi connectivity index (χ3n) is 2.24. The molecule has 0 radical (unpaired) electrons. The zero-order valence-electron chi connectivity index (χ0n) is 7.38. The summed E-state index contributed by atoms with van der Waals surface area (Å²) in [5.74, 6) is 0. The molecule has 3 nitrogen and oxygen atoms in total. The van der Waals surface area contributed by atoms with Crippen molar-refractivity contribution in [3.63, 3.8) is 0 Å². The van der Waals surface area contributed by atoms with Crippen LogP contribution in [0.1, 0.15) is 0 Å². The largest absolute Gasteiger partial charge is 0.256 e. The van der Waals surface area contributed by atoms with Gasteiger partial charge in [-0.05, 0) is 18.2 Å². The first-order valence-electron chi connectivity index (χ1n) is 4.40. The Labute approximate surface area is 80.8 Å². The van der Waals surface area contributed by atoms with Crippen LogP contribution in [0.5, 0.6) is 0 Å². The molecule has 0 saturated heterocycles. The highest BCUT2D eigenvalue weighted by Crippen LogP contribution is 2.20. The molecule has 3 rings (SSSR count). The standard InChI is InChI=1S/C11H7N3/c1-2-8-3-4-10-9(7-13-14-10)6-11(8)12-5-1/h1-7H. The number of rotatable bonds is 0. The maximum atomic E-state index is 4.30. The van der Waals surface area contributed by atoms with E-state index in [2.05, 4.69) is 15.2 Å². The maximum absolute atomic E-state index is 4.30. The second kappa shape index (κ2) is 2.73. The number of fused-ring (bicyclic) bond motifs is 2. The van der Waals surface area contributed by atoms with Crippen LogP contribution in [-0.2, 0) is 0 Å². The van der Waals surface area contributed by atoms with Gasteiger partial charge in [-0.1, -0.05) is 12.1 Å². The SMILES string of the molecule is c1cnc2cc3cnnc-3ccc2c1. The second-order valence-electron chi connectivity index (χ2n) is 3.14. The van der Waals surface area contributed by atoms with Crippen LogP contribution in [0, 0.1) is 0 Å². The van der Waals surface area contributed by atoms with Gasteiger partial charge >= 0.3 is 0 Å². The first-order valence-corrected chi connectivity index (χ1v) is 4.40. The molecule has 0 bridgehead atoms. The number of pyridine rings is 1. The topological polar surface area (TPSA) is 38.7 Å². The van der Waals surface area contributed by atoms with Crippen molar-refractivity contribution in [1.29, 1.82) is 0 Å². The van der Waals surface area contributed by atoms with E-state index in [0.29, 0.717) is 0 Å². The van der Waals surface area contributed by atoms with Gasteiger partial charge in [-0.25, -0.2) is 0 Å². The Kier molecular flexibility index (Phi) is 1.44. The smallest absolute Gasteiger partial charge is 0.0946 e. The molecule has 14 heavy (non-hydrogen) atoms. The van der Waals surface area contributed by atoms with E-state index in [0.717, 1.165) is 22.2 Å². The van der Waals surface area contributed by atoms with Crippen LogP contribution in [0.3, 0.4) is 0 Å². The molecule has 0 atom stereocenters. The van der Waals surface area contributed by atoms with Crippen molar-refractivity contribution in [3.8, 4) is 11.3 Å². The Balaban J connectivity index is 2.48. The lowest BCUT2D eigenvalue weighted by molar-refractivity contribution is 1.10. The third-order valence-corrected chi connectivity index (χ3v) is 2.24. The predicted octanol–water partition coefficient (Wildman–Crippen LogP) is 2.13. The molecule has 0 unspecified atom stereocenters. The normalized spacial score (nSPS) is 10.9. The molecule has 0 N–H and O–H groups in total. The van der Waals surface area contributed by atoms with Crippen molar-refractivity contribution in [2.45, 2.75) is 0 Å². The van der Waals surface area contributed by atoms with Gasteiger partial charge in [0.15, 0.2) is 0 Å². The molecule has 0 saturated carbocycles. The highest BCUT2D eigenvalue weighted by atomic mass is 15.1. The molecule has 0 spiro atoms. The van der Waals surface area contributed by atoms with Crippen LogP contribution < -0.4 is 0 Å². The molecule has 0 amide bonds. The minimum Gasteiger partial charge on any atom is -0.256 e. The van der Waals surface area contributed by atoms with E-state index in [1.807, 2.05) is 30.3 Å². The van der Waals surface area contributed by atoms with Gasteiger partial charge in [0.25, 0.3) is 0 Å². The van der Waals surface area contributed by atoms with Gasteiger partial charge in [0.1, 0.15) is 0 Å². The number of aromatic nitrogens is 3. The lowest BCUT2D eigenvalue weighted by atomic mass is 10.2. The molecule has 1 aromatic rings. The average Bonchev–Trinajstić information content (AvgIpc) is 2.58. The van der Waals surface area contributed by atoms with Crippen LogP contribution in [-0.4, -0.2) is 15.2 Å². The second-order valence-corrected chi connectivity index (χ2v) is 3.14. The first-order chi connectivity index (χ1) is 6.93. The average molecular weight is 181 g/mol. The van der Waals surface area contributed by atoms with Gasteiger partial charge in [-0.3, -0.25) is 4.98 Å². The van der Waals surface area contributed by atoms with Gasteiger partial charge in [-0.15, -0.1) is 0 Å². The quantitative estimate of drug-likeness (QED) is 0.533. The van der Waals surface area contributed by atoms with Crippen molar-refractivity contribution in [2.75, 3.05) is 0 Å². The van der Waals surface area contributed by atoms with Gasteiger partial charge in [0.2, 0.25) is 0 Å². The highest BCUT2D eigenvalue weighted by Gasteiger charge is 2.03. The maximum Gasteiger partial charge on any atom is 0.0946 e. The Morgan fingerprint density at radius 1 is 1.07 bits per heavy atom. The molecule has 2 heterocycles. The van der Waals surface area contributed by atoms with Crippen molar-refractivity contribution in [1.82, 2.24) is 15.2 Å². The Morgan fingerprint density at radius 3 is 3.07 bits per heavy atom. The minimum atomic E-state index is 0.906. The van der Waals surface area contributed by atoms with Crippen LogP contribution >= 0.6 is 0 Å². The predicted molar refractivity (Wildman–Crippen MR) is 54.0 cm³/mol. The molecule has 0 aromatic carbocycles. The lowest BCUT2D eigenvalue weighted by Gasteiger charge is -1.88. The van der Waals surface area contributed by atoms with Crippen molar-refractivity contribution in [2.24, 2.45) is 0 Å². The summed E-state index contributed by atoms with van der Waals surface area (Å²) in [5, 5.41) is 8.98. The molecule has 2 aliphatic rings. The fraction of sp³-hybridized carbons (Fsp3) is 0. The molecule has 0 fully saturated rings. The summed E-state index contributed by atoms with van der Waals surface area (Å²) >= 11 is 0. The van der Waals surface area contributed by atoms with Gasteiger partial charge < -0.3 is 0 Å². The number of hydrogen-bond donors (Lipinski definition) is 0. The Morgan fingerprint density at radius 2 is 2.07 bits per heavy atom. The van der Waals surface area contributed by atoms with Gasteiger partial charge in [0.05, 0.1) is 17.4 Å². The fourth-order valence-corrected chi connectivity index (χ4v) is 1.53. The summed E-state index contributed by atoms with van der Waals surface area (Å²) in [6.45, 7) is 0. The van der Waals surface area contributed by atoms with Gasteiger partial charge in [-0.2, -0.15) is 10.2 Å². The summed E-state index contributed by atoms with van der Waals surface area (Å²) in [7, 11) is 0. The van der Waals surface area contributed by atoms with Gasteiger partial charge in [0, 0.05) is 17.1 Å². The van der Waals surface area contributed by atoms with Crippen molar-refractivity contribution in [3.05, 3.63) is 42.7 Å². The summed E-state index contributed by atoms with van der Waals surface area (Å²) in [6, 6.07) is 9.95. The molecule has 1 aromatic heterocycles. The third kappa shape index (κ3) is 1.03. The zero-order valence-corrected chi connectivity index (χ0v) is 7.38. The number of nitrogens with zero attached hydrogens (tertiary/aromatic N) is 3. The summed E-state index contributed by atoms with van der Waals surface area (Å²) in [4.78, 5) is 4.30. The Bertz CT molecular complexity index is 562. The minimum absolute atomic E-state index is 0.906. The lowest BCUT2D eigenvalue weighted by Crippen LogP contribution is -1.71. The van der Waals surface area contributed by atoms with Crippen LogP contribution in [0.4, 0.5) is 0 Å². The number of hydrogen-bond acceptors (Lipinski definition) is 3. The summed E-state index contributed by atoms with van der Waals surface area (Å²) < 4.78 is 0. The fourth-order valence-electron chi connectivity index (χ4n) is 1.53. The summed E-state index contributed by atoms with van der Waals surface area (Å²) in [5.41, 5.74) is 2.90. The van der Waals surface area contributed by atoms with Crippen molar-refractivity contribution >= 4 is 10.9 Å². The van der Waals surface area contributed by atoms with Crippen LogP contribution in [0.25, 0.3) is 22.2 Å². The molecular weight excluding hydrogens is 174 g/mol. The monoisotopic (exact) mass is 181 g/mol. The molecule has 3 heteroatoms.